The van der Waals surface area contributed by atoms with Crippen LogP contribution in [-0.4, -0.2) is 32.9 Å². The molecule has 0 bridgehead atoms. The molecule has 0 amide bonds. The third kappa shape index (κ3) is 4.87. The Hall–Kier alpha value is -1.36. The fraction of sp³-hybridized carbons (Fsp3) is 0.462. The van der Waals surface area contributed by atoms with Crippen molar-refractivity contribution < 1.29 is 18.8 Å². The molecule has 4 nitrogen and oxygen atoms in total. The van der Waals surface area contributed by atoms with E-state index in [1.807, 2.05) is 31.2 Å². The van der Waals surface area contributed by atoms with Gasteiger partial charge in [-0.1, -0.05) is 17.7 Å². The zero-order valence-electron chi connectivity index (χ0n) is 10.6. The van der Waals surface area contributed by atoms with Crippen LogP contribution in [0.1, 0.15) is 18.9 Å². The average molecular weight is 270 g/mol. The van der Waals surface area contributed by atoms with E-state index in [1.54, 1.807) is 0 Å². The molecular formula is C13H18O4S. The first-order valence-corrected chi connectivity index (χ1v) is 7.18. The van der Waals surface area contributed by atoms with Crippen molar-refractivity contribution in [3.63, 3.8) is 0 Å². The number of aryl methyl sites for hydroxylation is 1. The Balaban J connectivity index is 2.25. The van der Waals surface area contributed by atoms with Crippen molar-refractivity contribution >= 4 is 16.8 Å². The number of benzene rings is 1. The van der Waals surface area contributed by atoms with Crippen LogP contribution in [0.3, 0.4) is 0 Å². The van der Waals surface area contributed by atoms with Crippen molar-refractivity contribution in [3.8, 4) is 5.75 Å². The number of carboxylic acids is 1. The number of carboxylic acid groups (broad SMARTS) is 1. The molecule has 2 atom stereocenters. The molecule has 100 valence electrons. The molecular weight excluding hydrogens is 252 g/mol. The summed E-state index contributed by atoms with van der Waals surface area (Å²) in [5.74, 6) is 0.102. The van der Waals surface area contributed by atoms with Crippen LogP contribution in [0, 0.1) is 6.92 Å². The van der Waals surface area contributed by atoms with Crippen LogP contribution < -0.4 is 4.74 Å². The first-order valence-electron chi connectivity index (χ1n) is 5.80. The minimum atomic E-state index is -1.34. The van der Waals surface area contributed by atoms with Crippen LogP contribution >= 0.6 is 0 Å². The minimum absolute atomic E-state index is 0.347. The van der Waals surface area contributed by atoms with Crippen molar-refractivity contribution in [1.82, 2.24) is 0 Å². The summed E-state index contributed by atoms with van der Waals surface area (Å²) in [6.07, 6.45) is 0.581. The summed E-state index contributed by atoms with van der Waals surface area (Å²) in [7, 11) is -1.34. The van der Waals surface area contributed by atoms with E-state index in [9.17, 15) is 9.00 Å². The van der Waals surface area contributed by atoms with Gasteiger partial charge in [0.05, 0.1) is 6.61 Å². The number of ether oxygens (including phenoxy) is 1. The van der Waals surface area contributed by atoms with E-state index in [2.05, 4.69) is 0 Å². The predicted octanol–water partition coefficient (Wildman–Crippen LogP) is 1.99. The average Bonchev–Trinajstić information content (AvgIpc) is 2.35. The maximum Gasteiger partial charge on any atom is 0.318 e. The van der Waals surface area contributed by atoms with Gasteiger partial charge in [-0.15, -0.1) is 0 Å². The van der Waals surface area contributed by atoms with E-state index in [1.165, 1.54) is 12.5 Å². The van der Waals surface area contributed by atoms with Gasteiger partial charge < -0.3 is 9.84 Å². The summed E-state index contributed by atoms with van der Waals surface area (Å²) in [5, 5.41) is 7.87. The molecule has 0 aliphatic carbocycles. The third-order valence-corrected chi connectivity index (χ3v) is 4.20. The van der Waals surface area contributed by atoms with Crippen LogP contribution in [-0.2, 0) is 15.6 Å². The van der Waals surface area contributed by atoms with Crippen molar-refractivity contribution in [2.75, 3.05) is 12.4 Å². The molecule has 1 aromatic carbocycles. The van der Waals surface area contributed by atoms with Crippen molar-refractivity contribution in [1.29, 1.82) is 0 Å². The second kappa shape index (κ2) is 7.16. The summed E-state index contributed by atoms with van der Waals surface area (Å²) in [6.45, 7) is 3.90. The van der Waals surface area contributed by atoms with Gasteiger partial charge in [0.15, 0.2) is 0 Å². The van der Waals surface area contributed by atoms with E-state index in [0.717, 1.165) is 5.75 Å². The Morgan fingerprint density at radius 3 is 2.56 bits per heavy atom. The molecule has 1 rings (SSSR count). The van der Waals surface area contributed by atoms with Gasteiger partial charge in [0.25, 0.3) is 0 Å². The minimum Gasteiger partial charge on any atom is -0.494 e. The van der Waals surface area contributed by atoms with Crippen molar-refractivity contribution in [3.05, 3.63) is 29.8 Å². The van der Waals surface area contributed by atoms with Gasteiger partial charge in [0.2, 0.25) is 0 Å². The second-order valence-corrected chi connectivity index (χ2v) is 5.96. The zero-order chi connectivity index (χ0) is 13.5. The largest absolute Gasteiger partial charge is 0.494 e. The molecule has 0 aliphatic heterocycles. The lowest BCUT2D eigenvalue weighted by Gasteiger charge is -2.08. The number of carbonyl (C=O) groups is 1. The van der Waals surface area contributed by atoms with Gasteiger partial charge in [-0.05, 0) is 32.4 Å². The van der Waals surface area contributed by atoms with Crippen LogP contribution in [0.25, 0.3) is 0 Å². The van der Waals surface area contributed by atoms with Gasteiger partial charge in [-0.3, -0.25) is 9.00 Å². The van der Waals surface area contributed by atoms with Crippen LogP contribution in [0.2, 0.25) is 0 Å². The summed E-state index contributed by atoms with van der Waals surface area (Å²) >= 11 is 0. The maximum absolute atomic E-state index is 11.5. The molecule has 2 unspecified atom stereocenters. The first-order chi connectivity index (χ1) is 8.50. The molecule has 1 N–H and O–H groups in total. The zero-order valence-corrected chi connectivity index (χ0v) is 11.4. The molecule has 0 saturated carbocycles. The summed E-state index contributed by atoms with van der Waals surface area (Å²) in [6, 6.07) is 7.68. The number of hydrogen-bond acceptors (Lipinski definition) is 3. The Morgan fingerprint density at radius 2 is 2.00 bits per heavy atom. The Bertz CT molecular complexity index is 414. The van der Waals surface area contributed by atoms with Gasteiger partial charge in [0.1, 0.15) is 11.0 Å². The standard InChI is InChI=1S/C13H18O4S/c1-10-4-6-12(7-5-10)17-8-3-9-18(16)11(2)13(14)15/h4-7,11H,3,8-9H2,1-2H3,(H,14,15). The molecule has 0 saturated heterocycles. The molecule has 18 heavy (non-hydrogen) atoms. The molecule has 5 heteroatoms. The predicted molar refractivity (Wildman–Crippen MR) is 71.4 cm³/mol. The first kappa shape index (κ1) is 14.7. The Labute approximate surface area is 109 Å². The molecule has 0 aliphatic rings. The lowest BCUT2D eigenvalue weighted by molar-refractivity contribution is -0.136. The number of rotatable bonds is 7. The Kier molecular flexibility index (Phi) is 5.85. The fourth-order valence-electron chi connectivity index (χ4n) is 1.31. The maximum atomic E-state index is 11.5. The van der Waals surface area contributed by atoms with E-state index >= 15 is 0 Å². The van der Waals surface area contributed by atoms with Gasteiger partial charge in [-0.25, -0.2) is 0 Å². The molecule has 0 aromatic heterocycles. The lowest BCUT2D eigenvalue weighted by atomic mass is 10.2. The fourth-order valence-corrected chi connectivity index (χ4v) is 2.30. The lowest BCUT2D eigenvalue weighted by Crippen LogP contribution is -2.24. The second-order valence-electron chi connectivity index (χ2n) is 4.08. The van der Waals surface area contributed by atoms with Gasteiger partial charge in [0, 0.05) is 16.6 Å². The summed E-state index contributed by atoms with van der Waals surface area (Å²) in [4.78, 5) is 10.6. The summed E-state index contributed by atoms with van der Waals surface area (Å²) in [5.41, 5.74) is 1.17. The van der Waals surface area contributed by atoms with Crippen molar-refractivity contribution in [2.45, 2.75) is 25.5 Å². The Morgan fingerprint density at radius 1 is 1.39 bits per heavy atom. The molecule has 0 fully saturated rings. The summed E-state index contributed by atoms with van der Waals surface area (Å²) < 4.78 is 17.0. The molecule has 1 aromatic rings. The quantitative estimate of drug-likeness (QED) is 0.770. The SMILES string of the molecule is Cc1ccc(OCCCS(=O)C(C)C(=O)O)cc1. The van der Waals surface area contributed by atoms with Gasteiger partial charge in [-0.2, -0.15) is 0 Å². The van der Waals surface area contributed by atoms with E-state index in [-0.39, 0.29) is 0 Å². The molecule has 0 spiro atoms. The van der Waals surface area contributed by atoms with Gasteiger partial charge >= 0.3 is 5.97 Å². The number of hydrogen-bond donors (Lipinski definition) is 1. The topological polar surface area (TPSA) is 63.6 Å². The monoisotopic (exact) mass is 270 g/mol. The molecule has 0 radical (unpaired) electrons. The van der Waals surface area contributed by atoms with Crippen molar-refractivity contribution in [2.24, 2.45) is 0 Å². The third-order valence-electron chi connectivity index (χ3n) is 2.52. The smallest absolute Gasteiger partial charge is 0.318 e. The highest BCUT2D eigenvalue weighted by molar-refractivity contribution is 7.86. The normalized spacial score (nSPS) is 13.9. The molecule has 0 heterocycles. The van der Waals surface area contributed by atoms with E-state index < -0.39 is 22.0 Å². The highest BCUT2D eigenvalue weighted by Crippen LogP contribution is 2.11. The highest BCUT2D eigenvalue weighted by atomic mass is 32.2. The van der Waals surface area contributed by atoms with Crippen LogP contribution in [0.5, 0.6) is 5.75 Å². The van der Waals surface area contributed by atoms with E-state index in [4.69, 9.17) is 9.84 Å². The van der Waals surface area contributed by atoms with Crippen LogP contribution in [0.4, 0.5) is 0 Å². The number of aliphatic carboxylic acids is 1. The van der Waals surface area contributed by atoms with E-state index in [0.29, 0.717) is 18.8 Å². The highest BCUT2D eigenvalue weighted by Gasteiger charge is 2.17. The van der Waals surface area contributed by atoms with Crippen LogP contribution in [0.15, 0.2) is 24.3 Å².